The molecule has 0 saturated carbocycles. The number of hydrogen-bond donors (Lipinski definition) is 0. The highest BCUT2D eigenvalue weighted by Crippen LogP contribution is 2.14. The summed E-state index contributed by atoms with van der Waals surface area (Å²) >= 11 is 0. The SMILES string of the molecule is FCCCOc1ccc[c]c1F. The van der Waals surface area contributed by atoms with Gasteiger partial charge in [-0.25, -0.2) is 4.39 Å². The van der Waals surface area contributed by atoms with E-state index in [4.69, 9.17) is 4.74 Å². The van der Waals surface area contributed by atoms with Gasteiger partial charge in [0, 0.05) is 12.5 Å². The quantitative estimate of drug-likeness (QED) is 0.632. The Labute approximate surface area is 70.0 Å². The van der Waals surface area contributed by atoms with Crippen molar-refractivity contribution in [1.29, 1.82) is 0 Å². The summed E-state index contributed by atoms with van der Waals surface area (Å²) in [5.74, 6) is -0.401. The van der Waals surface area contributed by atoms with Crippen LogP contribution in [0.25, 0.3) is 0 Å². The van der Waals surface area contributed by atoms with E-state index in [2.05, 4.69) is 6.07 Å². The van der Waals surface area contributed by atoms with Crippen molar-refractivity contribution in [1.82, 2.24) is 0 Å². The maximum Gasteiger partial charge on any atom is 0.172 e. The highest BCUT2D eigenvalue weighted by atomic mass is 19.1. The van der Waals surface area contributed by atoms with Gasteiger partial charge in [-0.05, 0) is 6.07 Å². The standard InChI is InChI=1S/C9H9F2O/c10-6-3-7-12-9-5-2-1-4-8(9)11/h1-2,5H,3,6-7H2. The van der Waals surface area contributed by atoms with Gasteiger partial charge in [0.05, 0.1) is 13.3 Å². The molecule has 0 aliphatic heterocycles. The van der Waals surface area contributed by atoms with Gasteiger partial charge in [0.15, 0.2) is 11.6 Å². The van der Waals surface area contributed by atoms with Crippen molar-refractivity contribution in [3.05, 3.63) is 30.1 Å². The second kappa shape index (κ2) is 4.70. The Morgan fingerprint density at radius 1 is 1.50 bits per heavy atom. The summed E-state index contributed by atoms with van der Waals surface area (Å²) in [4.78, 5) is 0. The number of benzene rings is 1. The molecule has 0 amide bonds. The fraction of sp³-hybridized carbons (Fsp3) is 0.333. The molecule has 0 fully saturated rings. The number of ether oxygens (including phenoxy) is 1. The second-order valence-corrected chi connectivity index (χ2v) is 2.24. The number of halogens is 2. The predicted molar refractivity (Wildman–Crippen MR) is 41.3 cm³/mol. The van der Waals surface area contributed by atoms with Crippen LogP contribution >= 0.6 is 0 Å². The fourth-order valence-corrected chi connectivity index (χ4v) is 0.749. The first-order valence-electron chi connectivity index (χ1n) is 3.69. The molecule has 0 aliphatic rings. The van der Waals surface area contributed by atoms with Crippen LogP contribution in [-0.2, 0) is 0 Å². The summed E-state index contributed by atoms with van der Waals surface area (Å²) in [6.45, 7) is -0.247. The van der Waals surface area contributed by atoms with E-state index >= 15 is 0 Å². The van der Waals surface area contributed by atoms with Gasteiger partial charge >= 0.3 is 0 Å². The summed E-state index contributed by atoms with van der Waals surface area (Å²) in [7, 11) is 0. The van der Waals surface area contributed by atoms with Crippen LogP contribution < -0.4 is 4.74 Å². The summed E-state index contributed by atoms with van der Waals surface area (Å²) in [5, 5.41) is 0. The van der Waals surface area contributed by atoms with Gasteiger partial charge < -0.3 is 4.74 Å². The third kappa shape index (κ3) is 2.49. The van der Waals surface area contributed by atoms with Gasteiger partial charge in [-0.1, -0.05) is 12.1 Å². The molecule has 1 rings (SSSR count). The van der Waals surface area contributed by atoms with E-state index in [0.29, 0.717) is 0 Å². The van der Waals surface area contributed by atoms with Crippen LogP contribution in [-0.4, -0.2) is 13.3 Å². The van der Waals surface area contributed by atoms with Crippen molar-refractivity contribution in [2.45, 2.75) is 6.42 Å². The largest absolute Gasteiger partial charge is 0.490 e. The number of alkyl halides is 1. The molecule has 12 heavy (non-hydrogen) atoms. The Hall–Kier alpha value is -1.12. The van der Waals surface area contributed by atoms with E-state index in [1.165, 1.54) is 12.1 Å². The maximum atomic E-state index is 12.7. The molecule has 65 valence electrons. The smallest absolute Gasteiger partial charge is 0.172 e. The van der Waals surface area contributed by atoms with Gasteiger partial charge in [0.2, 0.25) is 0 Å². The molecule has 0 N–H and O–H groups in total. The predicted octanol–water partition coefficient (Wildman–Crippen LogP) is 2.36. The van der Waals surface area contributed by atoms with Crippen molar-refractivity contribution in [3.8, 4) is 5.75 Å². The number of hydrogen-bond acceptors (Lipinski definition) is 1. The van der Waals surface area contributed by atoms with Gasteiger partial charge in [-0.15, -0.1) is 0 Å². The first kappa shape index (κ1) is 8.97. The second-order valence-electron chi connectivity index (χ2n) is 2.24. The minimum absolute atomic E-state index is 0.131. The lowest BCUT2D eigenvalue weighted by atomic mass is 10.3. The molecule has 1 aromatic carbocycles. The molecule has 0 spiro atoms. The lowest BCUT2D eigenvalue weighted by Gasteiger charge is -2.04. The van der Waals surface area contributed by atoms with Crippen LogP contribution in [0.4, 0.5) is 8.78 Å². The van der Waals surface area contributed by atoms with Crippen LogP contribution in [0.15, 0.2) is 18.2 Å². The van der Waals surface area contributed by atoms with Crippen molar-refractivity contribution in [2.24, 2.45) is 0 Å². The van der Waals surface area contributed by atoms with Gasteiger partial charge in [0.1, 0.15) is 0 Å². The molecule has 0 heterocycles. The van der Waals surface area contributed by atoms with Gasteiger partial charge in [-0.2, -0.15) is 0 Å². The Morgan fingerprint density at radius 2 is 2.33 bits per heavy atom. The number of rotatable bonds is 4. The molecule has 1 nitrogen and oxygen atoms in total. The molecule has 0 aromatic heterocycles. The fourth-order valence-electron chi connectivity index (χ4n) is 0.749. The molecule has 3 heteroatoms. The normalized spacial score (nSPS) is 9.83. The lowest BCUT2D eigenvalue weighted by molar-refractivity contribution is 0.277. The molecular formula is C9H9F2O. The van der Waals surface area contributed by atoms with E-state index in [1.807, 2.05) is 0 Å². The van der Waals surface area contributed by atoms with Gasteiger partial charge in [-0.3, -0.25) is 4.39 Å². The topological polar surface area (TPSA) is 9.23 Å². The Kier molecular flexibility index (Phi) is 3.51. The van der Waals surface area contributed by atoms with Crippen molar-refractivity contribution in [2.75, 3.05) is 13.3 Å². The molecule has 0 aliphatic carbocycles. The van der Waals surface area contributed by atoms with E-state index in [1.54, 1.807) is 6.07 Å². The Bertz CT molecular complexity index is 238. The average molecular weight is 171 g/mol. The Balaban J connectivity index is 2.46. The third-order valence-electron chi connectivity index (χ3n) is 1.31. The van der Waals surface area contributed by atoms with Crippen LogP contribution in [0.5, 0.6) is 5.75 Å². The van der Waals surface area contributed by atoms with Crippen LogP contribution in [0, 0.1) is 11.9 Å². The van der Waals surface area contributed by atoms with Crippen molar-refractivity contribution in [3.63, 3.8) is 0 Å². The first-order valence-corrected chi connectivity index (χ1v) is 3.69. The third-order valence-corrected chi connectivity index (χ3v) is 1.31. The summed E-state index contributed by atoms with van der Waals surface area (Å²) < 4.78 is 29.3. The lowest BCUT2D eigenvalue weighted by Crippen LogP contribution is -1.99. The maximum absolute atomic E-state index is 12.7. The zero-order valence-corrected chi connectivity index (χ0v) is 6.52. The van der Waals surface area contributed by atoms with E-state index < -0.39 is 12.5 Å². The monoisotopic (exact) mass is 171 g/mol. The minimum atomic E-state index is -0.531. The first-order chi connectivity index (χ1) is 5.84. The zero-order valence-electron chi connectivity index (χ0n) is 6.52. The summed E-state index contributed by atoms with van der Waals surface area (Å²) in [6.07, 6.45) is 0.286. The molecule has 0 unspecified atom stereocenters. The van der Waals surface area contributed by atoms with Crippen LogP contribution in [0.2, 0.25) is 0 Å². The van der Waals surface area contributed by atoms with E-state index in [9.17, 15) is 8.78 Å². The molecule has 0 saturated heterocycles. The minimum Gasteiger partial charge on any atom is -0.490 e. The molecule has 1 radical (unpaired) electrons. The molecule has 0 atom stereocenters. The summed E-state index contributed by atoms with van der Waals surface area (Å²) in [5.41, 5.74) is 0. The summed E-state index contributed by atoms with van der Waals surface area (Å²) in [6, 6.07) is 6.91. The van der Waals surface area contributed by atoms with Crippen molar-refractivity contribution < 1.29 is 13.5 Å². The average Bonchev–Trinajstić information content (AvgIpc) is 2.09. The zero-order chi connectivity index (χ0) is 8.81. The van der Waals surface area contributed by atoms with Crippen LogP contribution in [0.3, 0.4) is 0 Å². The molecule has 0 bridgehead atoms. The van der Waals surface area contributed by atoms with E-state index in [0.717, 1.165) is 0 Å². The van der Waals surface area contributed by atoms with Crippen LogP contribution in [0.1, 0.15) is 6.42 Å². The van der Waals surface area contributed by atoms with Crippen molar-refractivity contribution >= 4 is 0 Å². The molecular weight excluding hydrogens is 162 g/mol. The van der Waals surface area contributed by atoms with Gasteiger partial charge in [0.25, 0.3) is 0 Å². The molecule has 1 aromatic rings. The Morgan fingerprint density at radius 3 is 3.00 bits per heavy atom. The highest BCUT2D eigenvalue weighted by molar-refractivity contribution is 5.22. The highest BCUT2D eigenvalue weighted by Gasteiger charge is 2.00. The van der Waals surface area contributed by atoms with E-state index in [-0.39, 0.29) is 18.8 Å².